The Hall–Kier alpha value is -2.46. The summed E-state index contributed by atoms with van der Waals surface area (Å²) in [4.78, 5) is 72.2. The van der Waals surface area contributed by atoms with Gasteiger partial charge >= 0.3 is 39.5 Å². The van der Waals surface area contributed by atoms with Crippen LogP contribution >= 0.6 is 15.6 Å². The highest BCUT2D eigenvalue weighted by Crippen LogP contribution is 2.45. The van der Waals surface area contributed by atoms with Crippen molar-refractivity contribution in [3.63, 3.8) is 0 Å². The van der Waals surface area contributed by atoms with Crippen molar-refractivity contribution in [3.05, 3.63) is 24.3 Å². The highest BCUT2D eigenvalue weighted by molar-refractivity contribution is 7.47. The van der Waals surface area contributed by atoms with E-state index in [1.54, 1.807) is 0 Å². The molecular weight excluding hydrogens is 1150 g/mol. The molecule has 0 spiro atoms. The second kappa shape index (κ2) is 61.1. The zero-order chi connectivity index (χ0) is 64.2. The molecule has 0 saturated carbocycles. The number of rotatable bonds is 66. The number of allylic oxidation sites excluding steroid dienone is 4. The molecule has 19 heteroatoms. The summed E-state index contributed by atoms with van der Waals surface area (Å²) in [6.07, 6.45) is 49.7. The molecule has 0 saturated heterocycles. The minimum absolute atomic E-state index is 0.0854. The van der Waals surface area contributed by atoms with Crippen LogP contribution in [0.4, 0.5) is 0 Å². The molecule has 0 aliphatic heterocycles. The van der Waals surface area contributed by atoms with E-state index in [4.69, 9.17) is 37.0 Å². The smallest absolute Gasteiger partial charge is 0.462 e. The first kappa shape index (κ1) is 84.5. The van der Waals surface area contributed by atoms with E-state index >= 15 is 0 Å². The first-order chi connectivity index (χ1) is 42.1. The van der Waals surface area contributed by atoms with Gasteiger partial charge in [-0.05, 0) is 57.3 Å². The fraction of sp³-hybridized carbons (Fsp3) is 0.882. The molecule has 0 rings (SSSR count). The normalized spacial score (nSPS) is 14.6. The predicted octanol–water partition coefficient (Wildman–Crippen LogP) is 18.9. The van der Waals surface area contributed by atoms with Gasteiger partial charge < -0.3 is 33.8 Å². The summed E-state index contributed by atoms with van der Waals surface area (Å²) in [5, 5.41) is 10.5. The maximum Gasteiger partial charge on any atom is 0.472 e. The minimum atomic E-state index is -4.96. The molecular formula is C68H128O17P2. The molecule has 0 aromatic carbocycles. The van der Waals surface area contributed by atoms with E-state index in [0.29, 0.717) is 25.7 Å². The van der Waals surface area contributed by atoms with Crippen LogP contribution in [0.3, 0.4) is 0 Å². The van der Waals surface area contributed by atoms with Crippen LogP contribution in [0.1, 0.15) is 324 Å². The summed E-state index contributed by atoms with van der Waals surface area (Å²) in [5.41, 5.74) is 0. The lowest BCUT2D eigenvalue weighted by Crippen LogP contribution is -2.30. The predicted molar refractivity (Wildman–Crippen MR) is 349 cm³/mol. The van der Waals surface area contributed by atoms with E-state index in [2.05, 4.69) is 58.9 Å². The van der Waals surface area contributed by atoms with Gasteiger partial charge in [0.15, 0.2) is 12.2 Å². The molecule has 0 bridgehead atoms. The number of hydrogen-bond acceptors (Lipinski definition) is 15. The van der Waals surface area contributed by atoms with Gasteiger partial charge in [-0.25, -0.2) is 9.13 Å². The molecule has 0 radical (unpaired) electrons. The Balaban J connectivity index is 5.21. The number of phosphoric acid groups is 2. The van der Waals surface area contributed by atoms with E-state index < -0.39 is 97.5 Å². The second-order valence-corrected chi connectivity index (χ2v) is 27.0. The zero-order valence-electron chi connectivity index (χ0n) is 55.6. The maximum atomic E-state index is 13.0. The fourth-order valence-electron chi connectivity index (χ4n) is 9.72. The highest BCUT2D eigenvalue weighted by atomic mass is 31.2. The van der Waals surface area contributed by atoms with Crippen molar-refractivity contribution in [3.8, 4) is 0 Å². The molecule has 3 unspecified atom stereocenters. The highest BCUT2D eigenvalue weighted by Gasteiger charge is 2.30. The lowest BCUT2D eigenvalue weighted by Gasteiger charge is -2.21. The van der Waals surface area contributed by atoms with Crippen molar-refractivity contribution in [2.24, 2.45) is 5.92 Å². The van der Waals surface area contributed by atoms with Crippen molar-refractivity contribution < 1.29 is 80.2 Å². The van der Waals surface area contributed by atoms with Crippen LogP contribution in [0.2, 0.25) is 0 Å². The average Bonchev–Trinajstić information content (AvgIpc) is 3.64. The van der Waals surface area contributed by atoms with Crippen LogP contribution < -0.4 is 0 Å². The fourth-order valence-corrected chi connectivity index (χ4v) is 11.3. The Morgan fingerprint density at radius 1 is 0.368 bits per heavy atom. The molecule has 0 aromatic rings. The molecule has 3 N–H and O–H groups in total. The average molecular weight is 1280 g/mol. The van der Waals surface area contributed by atoms with E-state index in [1.807, 2.05) is 0 Å². The van der Waals surface area contributed by atoms with Crippen molar-refractivity contribution >= 4 is 39.5 Å². The third kappa shape index (κ3) is 60.9. The summed E-state index contributed by atoms with van der Waals surface area (Å²) in [7, 11) is -9.90. The molecule has 0 heterocycles. The van der Waals surface area contributed by atoms with E-state index in [0.717, 1.165) is 115 Å². The Labute approximate surface area is 529 Å². The van der Waals surface area contributed by atoms with Crippen molar-refractivity contribution in [1.82, 2.24) is 0 Å². The topological polar surface area (TPSA) is 237 Å². The lowest BCUT2D eigenvalue weighted by molar-refractivity contribution is -0.161. The number of ether oxygens (including phenoxy) is 4. The van der Waals surface area contributed by atoms with Crippen LogP contribution in [0.15, 0.2) is 24.3 Å². The number of hydrogen-bond donors (Lipinski definition) is 3. The van der Waals surface area contributed by atoms with Gasteiger partial charge in [0.2, 0.25) is 0 Å². The van der Waals surface area contributed by atoms with Gasteiger partial charge in [0.25, 0.3) is 0 Å². The Bertz CT molecular complexity index is 1780. The SMILES string of the molecule is CCCCCC/C=C\C=C/CCCCCCCC(=O)O[C@H](COC(=O)CCCCCCCCCCCCCCCCC)COP(=O)(O)OC[C@@H](O)COP(=O)(O)OC[C@@H](COC(=O)CCCCCCC)OC(=O)CCCCCCCCCCC(C)CC. The minimum Gasteiger partial charge on any atom is -0.462 e. The molecule has 0 aromatic heterocycles. The Kier molecular flexibility index (Phi) is 59.3. The van der Waals surface area contributed by atoms with E-state index in [1.165, 1.54) is 128 Å². The van der Waals surface area contributed by atoms with Gasteiger partial charge in [0.1, 0.15) is 19.3 Å². The van der Waals surface area contributed by atoms with Crippen LogP contribution in [0.5, 0.6) is 0 Å². The Morgan fingerprint density at radius 2 is 0.644 bits per heavy atom. The summed E-state index contributed by atoms with van der Waals surface area (Å²) in [6, 6.07) is 0. The second-order valence-electron chi connectivity index (χ2n) is 24.1. The molecule has 0 aliphatic rings. The number of carbonyl (C=O) groups is 4. The number of phosphoric ester groups is 2. The molecule has 0 fully saturated rings. The van der Waals surface area contributed by atoms with Gasteiger partial charge in [-0.3, -0.25) is 37.3 Å². The largest absolute Gasteiger partial charge is 0.472 e. The summed E-state index contributed by atoms with van der Waals surface area (Å²) < 4.78 is 67.9. The summed E-state index contributed by atoms with van der Waals surface area (Å²) in [6.45, 7) is 7.07. The van der Waals surface area contributed by atoms with Crippen LogP contribution in [-0.2, 0) is 65.4 Å². The van der Waals surface area contributed by atoms with Crippen molar-refractivity contribution in [1.29, 1.82) is 0 Å². The van der Waals surface area contributed by atoms with Gasteiger partial charge in [-0.1, -0.05) is 271 Å². The van der Waals surface area contributed by atoms with Crippen molar-refractivity contribution in [2.75, 3.05) is 39.6 Å². The first-order valence-corrected chi connectivity index (χ1v) is 38.0. The van der Waals surface area contributed by atoms with Gasteiger partial charge in [-0.15, -0.1) is 0 Å². The first-order valence-electron chi connectivity index (χ1n) is 35.0. The molecule has 87 heavy (non-hydrogen) atoms. The van der Waals surface area contributed by atoms with E-state index in [9.17, 15) is 43.2 Å². The van der Waals surface area contributed by atoms with Gasteiger partial charge in [-0.2, -0.15) is 0 Å². The van der Waals surface area contributed by atoms with Gasteiger partial charge in [0, 0.05) is 25.7 Å². The number of aliphatic hydroxyl groups is 1. The standard InChI is InChI=1S/C68H128O17P2/c1-6-10-13-16-18-20-22-24-26-28-30-32-37-42-47-52-66(71)79-58-64(85-67(72)53-48-43-38-33-31-29-27-25-23-21-19-17-14-11-7-2)60-83-87(76,77)81-56-62(69)55-80-86(74,75)82-59-63(57-78-65(70)51-46-40-15-12-8-3)84-68(73)54-49-44-39-35-34-36-41-45-50-61(5)9-4/h21,23,25,27,61-64,69H,6-20,22,24,26,28-60H2,1-5H3,(H,74,75)(H,76,77)/b23-21-,27-25-/t61?,62-,63+,64+/m0/s1. The van der Waals surface area contributed by atoms with Crippen LogP contribution in [0.25, 0.3) is 0 Å². The number of carbonyl (C=O) groups excluding carboxylic acids is 4. The van der Waals surface area contributed by atoms with Crippen molar-refractivity contribution in [2.45, 2.75) is 342 Å². The Morgan fingerprint density at radius 3 is 0.977 bits per heavy atom. The number of aliphatic hydroxyl groups excluding tert-OH is 1. The summed E-state index contributed by atoms with van der Waals surface area (Å²) >= 11 is 0. The number of esters is 4. The third-order valence-corrected chi connectivity index (χ3v) is 17.4. The lowest BCUT2D eigenvalue weighted by atomic mass is 9.99. The van der Waals surface area contributed by atoms with Crippen LogP contribution in [0, 0.1) is 5.92 Å². The molecule has 0 aliphatic carbocycles. The quantitative estimate of drug-likeness (QED) is 0.0169. The molecule has 512 valence electrons. The molecule has 17 nitrogen and oxygen atoms in total. The molecule has 6 atom stereocenters. The summed E-state index contributed by atoms with van der Waals surface area (Å²) in [5.74, 6) is -1.40. The molecule has 0 amide bonds. The monoisotopic (exact) mass is 1280 g/mol. The van der Waals surface area contributed by atoms with Crippen LogP contribution in [-0.4, -0.2) is 96.7 Å². The third-order valence-electron chi connectivity index (χ3n) is 15.5. The maximum absolute atomic E-state index is 13.0. The number of unbranched alkanes of at least 4 members (excludes halogenated alkanes) is 34. The van der Waals surface area contributed by atoms with Gasteiger partial charge in [0.05, 0.1) is 26.4 Å². The zero-order valence-corrected chi connectivity index (χ0v) is 57.4. The van der Waals surface area contributed by atoms with E-state index in [-0.39, 0.29) is 25.7 Å².